The first-order valence-corrected chi connectivity index (χ1v) is 4.90. The second-order valence-electron chi connectivity index (χ2n) is 2.64. The van der Waals surface area contributed by atoms with Crippen LogP contribution in [0.3, 0.4) is 0 Å². The van der Waals surface area contributed by atoms with Crippen LogP contribution in [-0.4, -0.2) is 35.0 Å². The molecule has 1 amide bonds. The molecule has 0 aliphatic rings. The number of carboxylic acids is 1. The van der Waals surface area contributed by atoms with Crippen molar-refractivity contribution in [1.29, 1.82) is 0 Å². The Balaban J connectivity index is 4.17. The molecule has 0 bridgehead atoms. The van der Waals surface area contributed by atoms with E-state index in [-0.39, 0.29) is 0 Å². The highest BCUT2D eigenvalue weighted by atomic mass is 32.2. The van der Waals surface area contributed by atoms with Gasteiger partial charge in [0.1, 0.15) is 5.54 Å². The molecule has 0 aliphatic heterocycles. The number of aliphatic carboxylic acids is 1. The SMILES string of the molecule is CSCC[C@](C)(NC=O)C(=O)O. The molecule has 0 rings (SSSR count). The van der Waals surface area contributed by atoms with Crippen LogP contribution in [0.1, 0.15) is 13.3 Å². The summed E-state index contributed by atoms with van der Waals surface area (Å²) in [4.78, 5) is 20.8. The van der Waals surface area contributed by atoms with Gasteiger partial charge in [-0.1, -0.05) is 0 Å². The van der Waals surface area contributed by atoms with Crippen molar-refractivity contribution in [2.24, 2.45) is 0 Å². The Bertz CT molecular complexity index is 174. The Labute approximate surface area is 75.7 Å². The van der Waals surface area contributed by atoms with Crippen molar-refractivity contribution >= 4 is 24.1 Å². The van der Waals surface area contributed by atoms with Crippen LogP contribution < -0.4 is 5.32 Å². The third-order valence-electron chi connectivity index (χ3n) is 1.66. The molecule has 12 heavy (non-hydrogen) atoms. The topological polar surface area (TPSA) is 66.4 Å². The molecule has 0 aliphatic carbocycles. The van der Waals surface area contributed by atoms with E-state index in [1.54, 1.807) is 11.8 Å². The summed E-state index contributed by atoms with van der Waals surface area (Å²) in [5.41, 5.74) is -1.12. The first-order valence-electron chi connectivity index (χ1n) is 3.50. The van der Waals surface area contributed by atoms with Crippen molar-refractivity contribution in [3.63, 3.8) is 0 Å². The van der Waals surface area contributed by atoms with Gasteiger partial charge in [0, 0.05) is 0 Å². The van der Waals surface area contributed by atoms with Gasteiger partial charge in [-0.3, -0.25) is 4.79 Å². The molecule has 0 heterocycles. The van der Waals surface area contributed by atoms with E-state index < -0.39 is 11.5 Å². The Morgan fingerprint density at radius 1 is 1.75 bits per heavy atom. The van der Waals surface area contributed by atoms with Gasteiger partial charge in [0.15, 0.2) is 0 Å². The summed E-state index contributed by atoms with van der Waals surface area (Å²) in [6.45, 7) is 1.50. The van der Waals surface area contributed by atoms with E-state index in [1.807, 2.05) is 6.26 Å². The summed E-state index contributed by atoms with van der Waals surface area (Å²) in [7, 11) is 0. The molecule has 0 spiro atoms. The Hall–Kier alpha value is -0.710. The van der Waals surface area contributed by atoms with Gasteiger partial charge in [0.05, 0.1) is 0 Å². The lowest BCUT2D eigenvalue weighted by molar-refractivity contribution is -0.145. The molecule has 0 aromatic carbocycles. The minimum Gasteiger partial charge on any atom is -0.480 e. The number of carbonyl (C=O) groups is 2. The molecule has 5 heteroatoms. The largest absolute Gasteiger partial charge is 0.480 e. The van der Waals surface area contributed by atoms with E-state index in [4.69, 9.17) is 5.11 Å². The van der Waals surface area contributed by atoms with Crippen molar-refractivity contribution in [1.82, 2.24) is 5.32 Å². The third kappa shape index (κ3) is 3.13. The van der Waals surface area contributed by atoms with Gasteiger partial charge in [-0.25, -0.2) is 4.79 Å². The van der Waals surface area contributed by atoms with Crippen molar-refractivity contribution in [2.75, 3.05) is 12.0 Å². The Morgan fingerprint density at radius 2 is 2.33 bits per heavy atom. The smallest absolute Gasteiger partial charge is 0.329 e. The van der Waals surface area contributed by atoms with E-state index in [9.17, 15) is 9.59 Å². The second-order valence-corrected chi connectivity index (χ2v) is 3.63. The zero-order valence-electron chi connectivity index (χ0n) is 7.16. The van der Waals surface area contributed by atoms with Crippen LogP contribution in [0.2, 0.25) is 0 Å². The highest BCUT2D eigenvalue weighted by Crippen LogP contribution is 2.12. The zero-order valence-corrected chi connectivity index (χ0v) is 7.98. The number of nitrogens with one attached hydrogen (secondary N) is 1. The molecule has 4 nitrogen and oxygen atoms in total. The summed E-state index contributed by atoms with van der Waals surface area (Å²) in [5, 5.41) is 11.1. The second kappa shape index (κ2) is 5.03. The van der Waals surface area contributed by atoms with Gasteiger partial charge in [0.2, 0.25) is 6.41 Å². The van der Waals surface area contributed by atoms with Crippen molar-refractivity contribution in [3.05, 3.63) is 0 Å². The van der Waals surface area contributed by atoms with E-state index >= 15 is 0 Å². The van der Waals surface area contributed by atoms with E-state index in [2.05, 4.69) is 5.32 Å². The molecule has 0 aromatic heterocycles. The molecule has 0 aromatic rings. The van der Waals surface area contributed by atoms with E-state index in [1.165, 1.54) is 6.92 Å². The predicted octanol–water partition coefficient (Wildman–Crippen LogP) is 0.329. The van der Waals surface area contributed by atoms with Gasteiger partial charge in [-0.15, -0.1) is 0 Å². The molecule has 1 atom stereocenters. The predicted molar refractivity (Wildman–Crippen MR) is 48.2 cm³/mol. The Morgan fingerprint density at radius 3 is 2.67 bits per heavy atom. The molecule has 0 unspecified atom stereocenters. The van der Waals surface area contributed by atoms with Gasteiger partial charge >= 0.3 is 5.97 Å². The van der Waals surface area contributed by atoms with E-state index in [0.717, 1.165) is 0 Å². The number of carbonyl (C=O) groups excluding carboxylic acids is 1. The van der Waals surface area contributed by atoms with E-state index in [0.29, 0.717) is 18.6 Å². The average molecular weight is 191 g/mol. The summed E-state index contributed by atoms with van der Waals surface area (Å²) >= 11 is 1.55. The van der Waals surface area contributed by atoms with Crippen LogP contribution in [0.5, 0.6) is 0 Å². The zero-order chi connectivity index (χ0) is 9.61. The standard InChI is InChI=1S/C7H13NO3S/c1-7(6(10)11,8-5-9)3-4-12-2/h5H,3-4H2,1-2H3,(H,8,9)(H,10,11)/t7-/m0/s1. The van der Waals surface area contributed by atoms with Gasteiger partial charge in [-0.2, -0.15) is 11.8 Å². The quantitative estimate of drug-likeness (QED) is 0.594. The summed E-state index contributed by atoms with van der Waals surface area (Å²) in [6.07, 6.45) is 2.75. The highest BCUT2D eigenvalue weighted by molar-refractivity contribution is 7.98. The fourth-order valence-electron chi connectivity index (χ4n) is 0.677. The lowest BCUT2D eigenvalue weighted by Crippen LogP contribution is -2.49. The molecule has 70 valence electrons. The number of rotatable bonds is 6. The molecule has 0 radical (unpaired) electrons. The van der Waals surface area contributed by atoms with Gasteiger partial charge < -0.3 is 10.4 Å². The van der Waals surface area contributed by atoms with Crippen molar-refractivity contribution in [3.8, 4) is 0 Å². The molecule has 0 saturated heterocycles. The molecule has 0 fully saturated rings. The minimum absolute atomic E-state index is 0.425. The summed E-state index contributed by atoms with van der Waals surface area (Å²) in [5.74, 6) is -0.285. The Kier molecular flexibility index (Phi) is 4.73. The number of hydrogen-bond acceptors (Lipinski definition) is 3. The molecule has 2 N–H and O–H groups in total. The molecular weight excluding hydrogens is 178 g/mol. The number of amides is 1. The maximum Gasteiger partial charge on any atom is 0.329 e. The lowest BCUT2D eigenvalue weighted by Gasteiger charge is -2.23. The maximum atomic E-state index is 10.7. The number of carboxylic acid groups (broad SMARTS) is 1. The summed E-state index contributed by atoms with van der Waals surface area (Å²) in [6, 6.07) is 0. The number of thioether (sulfide) groups is 1. The lowest BCUT2D eigenvalue weighted by atomic mass is 10.00. The summed E-state index contributed by atoms with van der Waals surface area (Å²) < 4.78 is 0. The van der Waals surface area contributed by atoms with Crippen LogP contribution in [0.15, 0.2) is 0 Å². The first-order chi connectivity index (χ1) is 5.56. The van der Waals surface area contributed by atoms with Crippen LogP contribution in [0.4, 0.5) is 0 Å². The first kappa shape index (κ1) is 11.3. The molecule has 0 saturated carbocycles. The van der Waals surface area contributed by atoms with Crippen molar-refractivity contribution < 1.29 is 14.7 Å². The van der Waals surface area contributed by atoms with Crippen LogP contribution in [-0.2, 0) is 9.59 Å². The maximum absolute atomic E-state index is 10.7. The van der Waals surface area contributed by atoms with Gasteiger partial charge in [0.25, 0.3) is 0 Å². The van der Waals surface area contributed by atoms with Crippen LogP contribution in [0, 0.1) is 0 Å². The minimum atomic E-state index is -1.12. The fourth-order valence-corrected chi connectivity index (χ4v) is 1.29. The molecular formula is C7H13NO3S. The monoisotopic (exact) mass is 191 g/mol. The van der Waals surface area contributed by atoms with Crippen molar-refractivity contribution in [2.45, 2.75) is 18.9 Å². The van der Waals surface area contributed by atoms with Gasteiger partial charge in [-0.05, 0) is 25.4 Å². The normalized spacial score (nSPS) is 14.8. The highest BCUT2D eigenvalue weighted by Gasteiger charge is 2.31. The average Bonchev–Trinajstić information content (AvgIpc) is 2.01. The van der Waals surface area contributed by atoms with Crippen LogP contribution >= 0.6 is 11.8 Å². The third-order valence-corrected chi connectivity index (χ3v) is 2.27. The number of hydrogen-bond donors (Lipinski definition) is 2. The fraction of sp³-hybridized carbons (Fsp3) is 0.714. The van der Waals surface area contributed by atoms with Crippen LogP contribution in [0.25, 0.3) is 0 Å².